The molecule has 0 atom stereocenters. The molecular formula is C18H17ClN2O. The summed E-state index contributed by atoms with van der Waals surface area (Å²) in [6.07, 6.45) is 2.03. The fourth-order valence-electron chi connectivity index (χ4n) is 2.51. The minimum atomic E-state index is 0.0767. The molecule has 112 valence electrons. The summed E-state index contributed by atoms with van der Waals surface area (Å²) in [5.74, 6) is 0.0767. The number of nitrogens with zero attached hydrogens (tertiary/aromatic N) is 2. The molecule has 2 aromatic carbocycles. The fraction of sp³-hybridized carbons (Fsp3) is 0.222. The number of hydrogen-bond acceptors (Lipinski definition) is 2. The Morgan fingerprint density at radius 3 is 2.55 bits per heavy atom. The van der Waals surface area contributed by atoms with E-state index in [2.05, 4.69) is 5.10 Å². The van der Waals surface area contributed by atoms with E-state index in [-0.39, 0.29) is 5.91 Å². The largest absolute Gasteiger partial charge is 0.273 e. The van der Waals surface area contributed by atoms with Crippen LogP contribution in [0.25, 0.3) is 0 Å². The Kier molecular flexibility index (Phi) is 4.54. The number of aryl methyl sites for hydroxylation is 1. The van der Waals surface area contributed by atoms with Gasteiger partial charge in [0.1, 0.15) is 0 Å². The maximum absolute atomic E-state index is 12.2. The van der Waals surface area contributed by atoms with Gasteiger partial charge in [-0.2, -0.15) is 5.10 Å². The molecule has 0 saturated carbocycles. The first-order chi connectivity index (χ1) is 10.7. The molecule has 0 spiro atoms. The second-order valence-corrected chi connectivity index (χ2v) is 5.74. The van der Waals surface area contributed by atoms with Crippen molar-refractivity contribution < 1.29 is 4.79 Å². The van der Waals surface area contributed by atoms with Gasteiger partial charge >= 0.3 is 0 Å². The van der Waals surface area contributed by atoms with Gasteiger partial charge in [0.05, 0.1) is 12.3 Å². The van der Waals surface area contributed by atoms with Gasteiger partial charge in [-0.15, -0.1) is 0 Å². The van der Waals surface area contributed by atoms with Crippen LogP contribution in [-0.4, -0.2) is 23.2 Å². The van der Waals surface area contributed by atoms with Crippen molar-refractivity contribution in [2.75, 3.05) is 6.54 Å². The quantitative estimate of drug-likeness (QED) is 0.842. The third kappa shape index (κ3) is 3.55. The van der Waals surface area contributed by atoms with Crippen molar-refractivity contribution in [3.8, 4) is 0 Å². The lowest BCUT2D eigenvalue weighted by Crippen LogP contribution is -2.23. The summed E-state index contributed by atoms with van der Waals surface area (Å²) in [7, 11) is 0. The van der Waals surface area contributed by atoms with Crippen molar-refractivity contribution in [1.29, 1.82) is 0 Å². The number of hydrazone groups is 1. The van der Waals surface area contributed by atoms with Crippen molar-refractivity contribution in [2.24, 2.45) is 5.10 Å². The zero-order valence-corrected chi connectivity index (χ0v) is 13.0. The highest BCUT2D eigenvalue weighted by Gasteiger charge is 2.21. The Morgan fingerprint density at radius 1 is 1.09 bits per heavy atom. The smallest absolute Gasteiger partial charge is 0.243 e. The van der Waals surface area contributed by atoms with Crippen LogP contribution >= 0.6 is 11.6 Å². The molecule has 0 fully saturated rings. The molecule has 0 radical (unpaired) electrons. The Balaban J connectivity index is 1.61. The van der Waals surface area contributed by atoms with Crippen LogP contribution in [0, 0.1) is 0 Å². The van der Waals surface area contributed by atoms with Crippen LogP contribution in [0.2, 0.25) is 5.02 Å². The van der Waals surface area contributed by atoms with Crippen molar-refractivity contribution in [2.45, 2.75) is 19.3 Å². The van der Waals surface area contributed by atoms with E-state index in [0.717, 1.165) is 24.1 Å². The van der Waals surface area contributed by atoms with Gasteiger partial charge in [0.15, 0.2) is 0 Å². The Bertz CT molecular complexity index is 680. The lowest BCUT2D eigenvalue weighted by atomic mass is 10.1. The van der Waals surface area contributed by atoms with Crippen LogP contribution in [0.5, 0.6) is 0 Å². The zero-order valence-electron chi connectivity index (χ0n) is 12.2. The van der Waals surface area contributed by atoms with Crippen molar-refractivity contribution >= 4 is 23.2 Å². The summed E-state index contributed by atoms with van der Waals surface area (Å²) in [4.78, 5) is 12.2. The lowest BCUT2D eigenvalue weighted by Gasteiger charge is -2.11. The van der Waals surface area contributed by atoms with Crippen molar-refractivity contribution in [3.63, 3.8) is 0 Å². The molecule has 2 aromatic rings. The summed E-state index contributed by atoms with van der Waals surface area (Å²) < 4.78 is 0. The average molecular weight is 313 g/mol. The number of halogens is 1. The average Bonchev–Trinajstić information content (AvgIpc) is 3.04. The van der Waals surface area contributed by atoms with E-state index in [4.69, 9.17) is 11.6 Å². The number of benzene rings is 2. The van der Waals surface area contributed by atoms with E-state index in [1.165, 1.54) is 5.56 Å². The number of amides is 1. The molecule has 0 N–H and O–H groups in total. The Hall–Kier alpha value is -2.13. The fourth-order valence-corrected chi connectivity index (χ4v) is 2.63. The molecule has 3 rings (SSSR count). The predicted octanol–water partition coefficient (Wildman–Crippen LogP) is 3.91. The molecule has 0 bridgehead atoms. The van der Waals surface area contributed by atoms with E-state index >= 15 is 0 Å². The number of carbonyl (C=O) groups is 1. The van der Waals surface area contributed by atoms with Gasteiger partial charge < -0.3 is 0 Å². The number of hydrogen-bond donors (Lipinski definition) is 0. The van der Waals surface area contributed by atoms with Crippen molar-refractivity contribution in [3.05, 3.63) is 70.7 Å². The summed E-state index contributed by atoms with van der Waals surface area (Å²) in [6.45, 7) is 0.658. The van der Waals surface area contributed by atoms with E-state index < -0.39 is 0 Å². The second-order valence-electron chi connectivity index (χ2n) is 5.31. The molecule has 1 aliphatic rings. The highest BCUT2D eigenvalue weighted by Crippen LogP contribution is 2.17. The van der Waals surface area contributed by atoms with Gasteiger partial charge in [-0.05, 0) is 29.7 Å². The summed E-state index contributed by atoms with van der Waals surface area (Å²) >= 11 is 5.89. The molecule has 0 aromatic heterocycles. The highest BCUT2D eigenvalue weighted by atomic mass is 35.5. The minimum absolute atomic E-state index is 0.0767. The zero-order chi connectivity index (χ0) is 15.4. The second kappa shape index (κ2) is 6.75. The van der Waals surface area contributed by atoms with E-state index in [9.17, 15) is 4.79 Å². The van der Waals surface area contributed by atoms with Crippen LogP contribution < -0.4 is 0 Å². The molecule has 1 heterocycles. The van der Waals surface area contributed by atoms with E-state index in [0.29, 0.717) is 18.0 Å². The maximum atomic E-state index is 12.2. The van der Waals surface area contributed by atoms with Crippen molar-refractivity contribution in [1.82, 2.24) is 5.01 Å². The minimum Gasteiger partial charge on any atom is -0.273 e. The number of rotatable bonds is 4. The Labute approximate surface area is 135 Å². The van der Waals surface area contributed by atoms with Gasteiger partial charge in [0.25, 0.3) is 0 Å². The van der Waals surface area contributed by atoms with Gasteiger partial charge in [-0.3, -0.25) is 4.79 Å². The first-order valence-corrected chi connectivity index (χ1v) is 7.78. The van der Waals surface area contributed by atoms with Gasteiger partial charge in [-0.25, -0.2) is 5.01 Å². The summed E-state index contributed by atoms with van der Waals surface area (Å²) in [6, 6.07) is 17.6. The molecule has 0 saturated heterocycles. The first kappa shape index (κ1) is 14.8. The Morgan fingerprint density at radius 2 is 1.82 bits per heavy atom. The third-order valence-corrected chi connectivity index (χ3v) is 3.99. The van der Waals surface area contributed by atoms with Crippen LogP contribution in [0.1, 0.15) is 24.0 Å². The summed E-state index contributed by atoms with van der Waals surface area (Å²) in [5.41, 5.74) is 3.16. The van der Waals surface area contributed by atoms with Gasteiger partial charge in [0, 0.05) is 17.9 Å². The monoisotopic (exact) mass is 312 g/mol. The SMILES string of the molecule is O=C(CCc1ccccc1)N1CCC(c2ccc(Cl)cc2)=N1. The maximum Gasteiger partial charge on any atom is 0.243 e. The van der Waals surface area contributed by atoms with Crippen LogP contribution in [0.3, 0.4) is 0 Å². The summed E-state index contributed by atoms with van der Waals surface area (Å²) in [5, 5.41) is 6.75. The first-order valence-electron chi connectivity index (χ1n) is 7.40. The number of carbonyl (C=O) groups excluding carboxylic acids is 1. The normalized spacial score (nSPS) is 14.0. The molecule has 1 amide bonds. The van der Waals surface area contributed by atoms with Gasteiger partial charge in [-0.1, -0.05) is 54.1 Å². The van der Waals surface area contributed by atoms with E-state index in [1.54, 1.807) is 5.01 Å². The molecule has 22 heavy (non-hydrogen) atoms. The lowest BCUT2D eigenvalue weighted by molar-refractivity contribution is -0.130. The standard InChI is InChI=1S/C18H17ClN2O/c19-16-9-7-15(8-10-16)17-12-13-21(20-17)18(22)11-6-14-4-2-1-3-5-14/h1-5,7-10H,6,11-13H2. The topological polar surface area (TPSA) is 32.7 Å². The van der Waals surface area contributed by atoms with Gasteiger partial charge in [0.2, 0.25) is 5.91 Å². The molecular weight excluding hydrogens is 296 g/mol. The molecule has 0 unspecified atom stereocenters. The highest BCUT2D eigenvalue weighted by molar-refractivity contribution is 6.30. The van der Waals surface area contributed by atoms with Crippen LogP contribution in [-0.2, 0) is 11.2 Å². The molecule has 0 aliphatic carbocycles. The molecule has 4 heteroatoms. The van der Waals surface area contributed by atoms with E-state index in [1.807, 2.05) is 54.6 Å². The third-order valence-electron chi connectivity index (χ3n) is 3.74. The molecule has 1 aliphatic heterocycles. The predicted molar refractivity (Wildman–Crippen MR) is 89.1 cm³/mol. The van der Waals surface area contributed by atoms with Crippen LogP contribution in [0.4, 0.5) is 0 Å². The molecule has 3 nitrogen and oxygen atoms in total. The van der Waals surface area contributed by atoms with Crippen LogP contribution in [0.15, 0.2) is 59.7 Å².